The van der Waals surface area contributed by atoms with Gasteiger partial charge < -0.3 is 14.5 Å². The van der Waals surface area contributed by atoms with E-state index in [1.54, 1.807) is 0 Å². The summed E-state index contributed by atoms with van der Waals surface area (Å²) < 4.78 is 8.76. The summed E-state index contributed by atoms with van der Waals surface area (Å²) >= 11 is 0. The molecular formula is C38H30N4O. The van der Waals surface area contributed by atoms with Crippen molar-refractivity contribution in [2.24, 2.45) is 0 Å². The van der Waals surface area contributed by atoms with Gasteiger partial charge in [0.25, 0.3) is 0 Å². The summed E-state index contributed by atoms with van der Waals surface area (Å²) in [4.78, 5) is 9.36. The number of allylic oxidation sites excluding steroid dienone is 2. The molecule has 6 aromatic rings. The van der Waals surface area contributed by atoms with E-state index in [0.717, 1.165) is 39.6 Å². The average molecular weight is 559 g/mol. The molecule has 2 aromatic heterocycles. The fourth-order valence-electron chi connectivity index (χ4n) is 6.44. The number of pyridine rings is 1. The highest BCUT2D eigenvalue weighted by molar-refractivity contribution is 6.09. The van der Waals surface area contributed by atoms with Crippen LogP contribution in [0.4, 0.5) is 5.69 Å². The minimum absolute atomic E-state index is 0.0836. The van der Waals surface area contributed by atoms with Crippen molar-refractivity contribution in [1.82, 2.24) is 14.5 Å². The lowest BCUT2D eigenvalue weighted by Crippen LogP contribution is -2.37. The quantitative estimate of drug-likeness (QED) is 0.211. The van der Waals surface area contributed by atoms with E-state index in [2.05, 4.69) is 143 Å². The molecule has 1 unspecified atom stereocenters. The smallest absolute Gasteiger partial charge is 0.137 e. The van der Waals surface area contributed by atoms with Crippen molar-refractivity contribution in [3.63, 3.8) is 0 Å². The van der Waals surface area contributed by atoms with Gasteiger partial charge in [-0.3, -0.25) is 4.57 Å². The number of hydrogen-bond acceptors (Lipinski definition) is 4. The Kier molecular flexibility index (Phi) is 5.90. The molecule has 0 saturated carbocycles. The molecular weight excluding hydrogens is 528 g/mol. The van der Waals surface area contributed by atoms with Gasteiger partial charge in [-0.2, -0.15) is 0 Å². The molecule has 5 heteroatoms. The van der Waals surface area contributed by atoms with Gasteiger partial charge in [-0.1, -0.05) is 60.7 Å². The lowest BCUT2D eigenvalue weighted by atomic mass is 10.0. The van der Waals surface area contributed by atoms with E-state index in [1.807, 2.05) is 30.5 Å². The Morgan fingerprint density at radius 3 is 2.35 bits per heavy atom. The number of ether oxygens (including phenoxy) is 1. The molecule has 0 fully saturated rings. The molecule has 1 atom stereocenters. The van der Waals surface area contributed by atoms with E-state index in [9.17, 15) is 0 Å². The number of nitrogens with zero attached hydrogens (tertiary/aromatic N) is 4. The average Bonchev–Trinajstić information content (AvgIpc) is 3.58. The van der Waals surface area contributed by atoms with Crippen LogP contribution in [0.2, 0.25) is 0 Å². The van der Waals surface area contributed by atoms with Crippen LogP contribution in [0.25, 0.3) is 33.3 Å². The zero-order valence-corrected chi connectivity index (χ0v) is 24.1. The maximum absolute atomic E-state index is 6.56. The molecule has 0 bridgehead atoms. The SMILES string of the molecule is Cc1cccc(C)c1N1C(c2cccc(Oc3ccc4c5ccccc5n(-c5ccccn5)c4c3)c2)=CN2C=CC=CC21. The van der Waals surface area contributed by atoms with Gasteiger partial charge in [-0.15, -0.1) is 0 Å². The lowest BCUT2D eigenvalue weighted by molar-refractivity contribution is 0.455. The van der Waals surface area contributed by atoms with Crippen LogP contribution in [0.5, 0.6) is 11.5 Å². The van der Waals surface area contributed by atoms with Crippen LogP contribution in [-0.4, -0.2) is 20.6 Å². The topological polar surface area (TPSA) is 33.5 Å². The standard InChI is InChI=1S/C38H30N4O/c1-26-11-9-12-27(2)38(26)42-35(25-40-22-8-6-18-37(40)42)28-13-10-14-29(23-28)43-30-19-20-32-31-15-3-4-16-33(31)41(34(32)24-30)36-17-5-7-21-39-36/h3-25,37H,1-2H3. The summed E-state index contributed by atoms with van der Waals surface area (Å²) in [5.41, 5.74) is 8.15. The van der Waals surface area contributed by atoms with Crippen LogP contribution in [0.3, 0.4) is 0 Å². The third-order valence-corrected chi connectivity index (χ3v) is 8.32. The summed E-state index contributed by atoms with van der Waals surface area (Å²) in [6, 6.07) is 35.7. The third-order valence-electron chi connectivity index (χ3n) is 8.32. The summed E-state index contributed by atoms with van der Waals surface area (Å²) in [6.45, 7) is 4.37. The maximum atomic E-state index is 6.56. The van der Waals surface area contributed by atoms with Crippen LogP contribution in [0, 0.1) is 13.8 Å². The molecule has 0 spiro atoms. The number of anilines is 1. The van der Waals surface area contributed by atoms with Crippen LogP contribution in [0.1, 0.15) is 16.7 Å². The number of hydrogen-bond donors (Lipinski definition) is 0. The Balaban J connectivity index is 1.19. The Bertz CT molecular complexity index is 2080. The molecule has 4 heterocycles. The molecule has 4 aromatic carbocycles. The number of benzene rings is 4. The van der Waals surface area contributed by atoms with Gasteiger partial charge in [-0.05, 0) is 79.6 Å². The van der Waals surface area contributed by atoms with Gasteiger partial charge in [0.1, 0.15) is 23.5 Å². The van der Waals surface area contributed by atoms with E-state index in [1.165, 1.54) is 27.6 Å². The van der Waals surface area contributed by atoms with Crippen molar-refractivity contribution >= 4 is 33.2 Å². The van der Waals surface area contributed by atoms with Crippen LogP contribution >= 0.6 is 0 Å². The number of aryl methyl sites for hydroxylation is 2. The first-order valence-electron chi connectivity index (χ1n) is 14.6. The zero-order valence-electron chi connectivity index (χ0n) is 24.1. The second kappa shape index (κ2) is 10.1. The molecule has 5 nitrogen and oxygen atoms in total. The van der Waals surface area contributed by atoms with E-state index >= 15 is 0 Å². The normalized spacial score (nSPS) is 15.8. The van der Waals surface area contributed by atoms with Crippen molar-refractivity contribution in [2.45, 2.75) is 20.0 Å². The summed E-state index contributed by atoms with van der Waals surface area (Å²) in [6.07, 6.45) is 12.7. The van der Waals surface area contributed by atoms with E-state index in [0.29, 0.717) is 0 Å². The minimum Gasteiger partial charge on any atom is -0.457 e. The first-order chi connectivity index (χ1) is 21.2. The van der Waals surface area contributed by atoms with Crippen LogP contribution in [0.15, 0.2) is 140 Å². The van der Waals surface area contributed by atoms with Crippen molar-refractivity contribution < 1.29 is 4.74 Å². The van der Waals surface area contributed by atoms with Crippen molar-refractivity contribution in [2.75, 3.05) is 4.90 Å². The third kappa shape index (κ3) is 4.20. The molecule has 8 rings (SSSR count). The van der Waals surface area contributed by atoms with Gasteiger partial charge in [0.15, 0.2) is 0 Å². The van der Waals surface area contributed by atoms with Gasteiger partial charge in [0, 0.05) is 46.7 Å². The van der Waals surface area contributed by atoms with Crippen molar-refractivity contribution in [3.8, 4) is 17.3 Å². The highest BCUT2D eigenvalue weighted by Crippen LogP contribution is 2.41. The second-order valence-electron chi connectivity index (χ2n) is 11.1. The van der Waals surface area contributed by atoms with Gasteiger partial charge >= 0.3 is 0 Å². The predicted molar refractivity (Wildman–Crippen MR) is 175 cm³/mol. The molecule has 2 aliphatic rings. The molecule has 2 aliphatic heterocycles. The summed E-state index contributed by atoms with van der Waals surface area (Å²) in [7, 11) is 0. The lowest BCUT2D eigenvalue weighted by Gasteiger charge is -2.34. The molecule has 43 heavy (non-hydrogen) atoms. The first kappa shape index (κ1) is 25.2. The second-order valence-corrected chi connectivity index (χ2v) is 11.1. The number of aromatic nitrogens is 2. The zero-order chi connectivity index (χ0) is 28.9. The summed E-state index contributed by atoms with van der Waals surface area (Å²) in [5, 5.41) is 2.36. The van der Waals surface area contributed by atoms with Gasteiger partial charge in [0.05, 0.1) is 16.7 Å². The minimum atomic E-state index is 0.0836. The molecule has 0 amide bonds. The largest absolute Gasteiger partial charge is 0.457 e. The van der Waals surface area contributed by atoms with E-state index in [-0.39, 0.29) is 6.17 Å². The molecule has 0 radical (unpaired) electrons. The molecule has 0 N–H and O–H groups in total. The van der Waals surface area contributed by atoms with E-state index in [4.69, 9.17) is 4.74 Å². The van der Waals surface area contributed by atoms with Crippen LogP contribution < -0.4 is 9.64 Å². The number of fused-ring (bicyclic) bond motifs is 4. The highest BCUT2D eigenvalue weighted by atomic mass is 16.5. The fourth-order valence-corrected chi connectivity index (χ4v) is 6.44. The Morgan fingerprint density at radius 1 is 0.698 bits per heavy atom. The van der Waals surface area contributed by atoms with Gasteiger partial charge in [-0.25, -0.2) is 4.98 Å². The fraction of sp³-hybridized carbons (Fsp3) is 0.0789. The monoisotopic (exact) mass is 558 g/mol. The molecule has 0 aliphatic carbocycles. The Labute approximate surface area is 250 Å². The van der Waals surface area contributed by atoms with Crippen molar-refractivity contribution in [3.05, 3.63) is 157 Å². The Morgan fingerprint density at radius 2 is 1.49 bits per heavy atom. The predicted octanol–water partition coefficient (Wildman–Crippen LogP) is 9.12. The van der Waals surface area contributed by atoms with Gasteiger partial charge in [0.2, 0.25) is 0 Å². The number of para-hydroxylation sites is 2. The van der Waals surface area contributed by atoms with Crippen LogP contribution in [-0.2, 0) is 0 Å². The first-order valence-corrected chi connectivity index (χ1v) is 14.6. The molecule has 208 valence electrons. The number of rotatable bonds is 5. The summed E-state index contributed by atoms with van der Waals surface area (Å²) in [5.74, 6) is 2.45. The Hall–Kier alpha value is -5.55. The maximum Gasteiger partial charge on any atom is 0.137 e. The molecule has 0 saturated heterocycles. The highest BCUT2D eigenvalue weighted by Gasteiger charge is 2.33. The van der Waals surface area contributed by atoms with E-state index < -0.39 is 0 Å². The van der Waals surface area contributed by atoms with Crippen molar-refractivity contribution in [1.29, 1.82) is 0 Å².